The third kappa shape index (κ3) is 4.99. The predicted octanol–water partition coefficient (Wildman–Crippen LogP) is 2.26. The van der Waals surface area contributed by atoms with E-state index in [2.05, 4.69) is 11.4 Å². The summed E-state index contributed by atoms with van der Waals surface area (Å²) in [7, 11) is 0. The lowest BCUT2D eigenvalue weighted by Crippen LogP contribution is -2.51. The highest BCUT2D eigenvalue weighted by Gasteiger charge is 2.27. The van der Waals surface area contributed by atoms with Crippen LogP contribution in [-0.4, -0.2) is 60.1 Å². The van der Waals surface area contributed by atoms with Crippen molar-refractivity contribution in [3.63, 3.8) is 0 Å². The number of carbonyl (C=O) groups is 2. The average molecular weight is 362 g/mol. The van der Waals surface area contributed by atoms with Crippen molar-refractivity contribution in [1.82, 2.24) is 9.80 Å². The van der Waals surface area contributed by atoms with Crippen molar-refractivity contribution < 1.29 is 18.7 Å². The number of ether oxygens (including phenoxy) is 1. The molecule has 0 bridgehead atoms. The topological polar surface area (TPSA) is 98.8 Å². The van der Waals surface area contributed by atoms with Gasteiger partial charge in [0.2, 0.25) is 11.8 Å². The SMILES string of the molecule is Cc1oc(NC(=O)CN2CCN(C(=O)OC(C)(C)C)CC2)c(C#N)c1C. The molecule has 0 unspecified atom stereocenters. The lowest BCUT2D eigenvalue weighted by atomic mass is 10.2. The molecule has 0 saturated carbocycles. The van der Waals surface area contributed by atoms with Gasteiger partial charge in [0.25, 0.3) is 0 Å². The van der Waals surface area contributed by atoms with E-state index in [1.165, 1.54) is 0 Å². The van der Waals surface area contributed by atoms with Crippen LogP contribution in [0.4, 0.5) is 10.7 Å². The number of hydrogen-bond acceptors (Lipinski definition) is 6. The maximum atomic E-state index is 12.2. The van der Waals surface area contributed by atoms with Gasteiger partial charge in [0.15, 0.2) is 0 Å². The molecule has 1 saturated heterocycles. The number of furan rings is 1. The normalized spacial score (nSPS) is 15.5. The van der Waals surface area contributed by atoms with Gasteiger partial charge in [-0.25, -0.2) is 4.79 Å². The molecule has 1 aliphatic rings. The van der Waals surface area contributed by atoms with Gasteiger partial charge in [0.1, 0.15) is 23.0 Å². The van der Waals surface area contributed by atoms with Crippen LogP contribution in [0.5, 0.6) is 0 Å². The second-order valence-electron chi connectivity index (χ2n) is 7.39. The minimum absolute atomic E-state index is 0.172. The Morgan fingerprint density at radius 1 is 1.23 bits per heavy atom. The molecule has 2 rings (SSSR count). The van der Waals surface area contributed by atoms with Gasteiger partial charge in [-0.2, -0.15) is 5.26 Å². The van der Waals surface area contributed by atoms with Crippen LogP contribution in [0, 0.1) is 25.2 Å². The molecule has 0 aromatic carbocycles. The standard InChI is InChI=1S/C18H26N4O4/c1-12-13(2)25-16(14(12)10-19)20-15(23)11-21-6-8-22(9-7-21)17(24)26-18(3,4)5/h6-9,11H2,1-5H3,(H,20,23). The lowest BCUT2D eigenvalue weighted by molar-refractivity contribution is -0.117. The first-order valence-electron chi connectivity index (χ1n) is 8.61. The smallest absolute Gasteiger partial charge is 0.410 e. The quantitative estimate of drug-likeness (QED) is 0.885. The zero-order valence-corrected chi connectivity index (χ0v) is 16.0. The van der Waals surface area contributed by atoms with Crippen LogP contribution in [0.15, 0.2) is 4.42 Å². The summed E-state index contributed by atoms with van der Waals surface area (Å²) < 4.78 is 10.8. The molecule has 0 spiro atoms. The second kappa shape index (κ2) is 7.79. The third-order valence-corrected chi connectivity index (χ3v) is 4.14. The first kappa shape index (κ1) is 19.8. The summed E-state index contributed by atoms with van der Waals surface area (Å²) in [6.07, 6.45) is -0.332. The number of nitrogens with one attached hydrogen (secondary N) is 1. The van der Waals surface area contributed by atoms with Crippen LogP contribution in [0.1, 0.15) is 37.7 Å². The van der Waals surface area contributed by atoms with Crippen molar-refractivity contribution in [2.45, 2.75) is 40.2 Å². The van der Waals surface area contributed by atoms with Crippen molar-refractivity contribution in [3.05, 3.63) is 16.9 Å². The van der Waals surface area contributed by atoms with Crippen LogP contribution >= 0.6 is 0 Å². The third-order valence-electron chi connectivity index (χ3n) is 4.14. The van der Waals surface area contributed by atoms with E-state index in [4.69, 9.17) is 9.15 Å². The van der Waals surface area contributed by atoms with E-state index in [9.17, 15) is 14.9 Å². The zero-order valence-electron chi connectivity index (χ0n) is 16.0. The van der Waals surface area contributed by atoms with E-state index in [-0.39, 0.29) is 24.4 Å². The summed E-state index contributed by atoms with van der Waals surface area (Å²) in [5, 5.41) is 11.8. The minimum atomic E-state index is -0.522. The summed E-state index contributed by atoms with van der Waals surface area (Å²) in [6.45, 7) is 11.4. The number of anilines is 1. The number of nitriles is 1. The van der Waals surface area contributed by atoms with Crippen molar-refractivity contribution in [2.75, 3.05) is 38.0 Å². The molecule has 0 aliphatic carbocycles. The van der Waals surface area contributed by atoms with E-state index < -0.39 is 5.60 Å². The molecule has 0 radical (unpaired) electrons. The predicted molar refractivity (Wildman–Crippen MR) is 95.8 cm³/mol. The molecule has 0 atom stereocenters. The average Bonchev–Trinajstić information content (AvgIpc) is 2.79. The lowest BCUT2D eigenvalue weighted by Gasteiger charge is -2.35. The monoisotopic (exact) mass is 362 g/mol. The number of nitrogens with zero attached hydrogens (tertiary/aromatic N) is 3. The molecule has 2 heterocycles. The fraction of sp³-hybridized carbons (Fsp3) is 0.611. The van der Waals surface area contributed by atoms with E-state index in [0.717, 1.165) is 5.56 Å². The van der Waals surface area contributed by atoms with Gasteiger partial charge in [-0.1, -0.05) is 0 Å². The maximum absolute atomic E-state index is 12.2. The van der Waals surface area contributed by atoms with Gasteiger partial charge in [0, 0.05) is 31.7 Å². The van der Waals surface area contributed by atoms with Crippen LogP contribution in [0.2, 0.25) is 0 Å². The summed E-state index contributed by atoms with van der Waals surface area (Å²) >= 11 is 0. The van der Waals surface area contributed by atoms with E-state index in [1.54, 1.807) is 18.7 Å². The summed E-state index contributed by atoms with van der Waals surface area (Å²) in [5.74, 6) is 0.559. The fourth-order valence-corrected chi connectivity index (χ4v) is 2.63. The first-order chi connectivity index (χ1) is 12.1. The summed E-state index contributed by atoms with van der Waals surface area (Å²) in [6, 6.07) is 2.05. The molecule has 1 aliphatic heterocycles. The van der Waals surface area contributed by atoms with Gasteiger partial charge in [-0.3, -0.25) is 15.0 Å². The Kier molecular flexibility index (Phi) is 5.93. The summed E-state index contributed by atoms with van der Waals surface area (Å²) in [5.41, 5.74) is 0.561. The van der Waals surface area contributed by atoms with Gasteiger partial charge in [-0.05, 0) is 34.6 Å². The number of hydrogen-bond donors (Lipinski definition) is 1. The number of aryl methyl sites for hydroxylation is 1. The highest BCUT2D eigenvalue weighted by Crippen LogP contribution is 2.25. The van der Waals surface area contributed by atoms with Crippen molar-refractivity contribution in [3.8, 4) is 6.07 Å². The Morgan fingerprint density at radius 3 is 2.38 bits per heavy atom. The van der Waals surface area contributed by atoms with E-state index in [0.29, 0.717) is 37.5 Å². The maximum Gasteiger partial charge on any atom is 0.410 e. The molecule has 1 N–H and O–H groups in total. The number of piperazine rings is 1. The first-order valence-corrected chi connectivity index (χ1v) is 8.61. The van der Waals surface area contributed by atoms with Gasteiger partial charge >= 0.3 is 6.09 Å². The molecule has 1 fully saturated rings. The highest BCUT2D eigenvalue weighted by molar-refractivity contribution is 5.92. The van der Waals surface area contributed by atoms with Gasteiger partial charge in [-0.15, -0.1) is 0 Å². The fourth-order valence-electron chi connectivity index (χ4n) is 2.63. The van der Waals surface area contributed by atoms with Crippen LogP contribution in [0.3, 0.4) is 0 Å². The summed E-state index contributed by atoms with van der Waals surface area (Å²) in [4.78, 5) is 27.9. The molecule has 142 valence electrons. The Balaban J connectivity index is 1.84. The number of amides is 2. The molecule has 1 aromatic rings. The molecule has 1 aromatic heterocycles. The largest absolute Gasteiger partial charge is 0.444 e. The van der Waals surface area contributed by atoms with E-state index >= 15 is 0 Å². The zero-order chi connectivity index (χ0) is 19.5. The van der Waals surface area contributed by atoms with Crippen LogP contribution < -0.4 is 5.32 Å². The molecular formula is C18H26N4O4. The Morgan fingerprint density at radius 2 is 1.85 bits per heavy atom. The minimum Gasteiger partial charge on any atom is -0.444 e. The molecular weight excluding hydrogens is 336 g/mol. The van der Waals surface area contributed by atoms with Crippen molar-refractivity contribution >= 4 is 17.9 Å². The van der Waals surface area contributed by atoms with Crippen LogP contribution in [0.25, 0.3) is 0 Å². The molecule has 26 heavy (non-hydrogen) atoms. The van der Waals surface area contributed by atoms with E-state index in [1.807, 2.05) is 25.7 Å². The number of rotatable bonds is 3. The van der Waals surface area contributed by atoms with Crippen LogP contribution in [-0.2, 0) is 9.53 Å². The molecule has 8 nitrogen and oxygen atoms in total. The Labute approximate surface area is 153 Å². The molecule has 2 amide bonds. The Hall–Kier alpha value is -2.53. The van der Waals surface area contributed by atoms with Gasteiger partial charge in [0.05, 0.1) is 6.54 Å². The highest BCUT2D eigenvalue weighted by atomic mass is 16.6. The molecule has 8 heteroatoms. The Bertz CT molecular complexity index is 719. The van der Waals surface area contributed by atoms with Crippen molar-refractivity contribution in [2.24, 2.45) is 0 Å². The van der Waals surface area contributed by atoms with Gasteiger partial charge < -0.3 is 14.1 Å². The van der Waals surface area contributed by atoms with Crippen molar-refractivity contribution in [1.29, 1.82) is 5.26 Å². The number of carbonyl (C=O) groups excluding carboxylic acids is 2. The second-order valence-corrected chi connectivity index (χ2v) is 7.39.